The van der Waals surface area contributed by atoms with Gasteiger partial charge in [-0.15, -0.1) is 0 Å². The number of hydrogen-bond donors (Lipinski definition) is 1. The molecule has 0 saturated carbocycles. The molecule has 0 aliphatic heterocycles. The quantitative estimate of drug-likeness (QED) is 0.772. The van der Waals surface area contributed by atoms with Gasteiger partial charge in [0.2, 0.25) is 0 Å². The Balaban J connectivity index is 0.00000121. The van der Waals surface area contributed by atoms with E-state index < -0.39 is 20.8 Å². The largest absolute Gasteiger partial charge is 0.297 e. The van der Waals surface area contributed by atoms with E-state index in [0.717, 1.165) is 12.1 Å². The summed E-state index contributed by atoms with van der Waals surface area (Å²) in [6.45, 7) is 0. The van der Waals surface area contributed by atoms with Crippen molar-refractivity contribution in [2.24, 2.45) is 0 Å². The van der Waals surface area contributed by atoms with Crippen molar-refractivity contribution in [3.05, 3.63) is 30.1 Å². The first kappa shape index (κ1) is 12.6. The molecule has 0 aromatic heterocycles. The van der Waals surface area contributed by atoms with Crippen LogP contribution in [0.2, 0.25) is 0 Å². The fourth-order valence-corrected chi connectivity index (χ4v) is 1.22. The molecule has 74 valence electrons. The summed E-state index contributed by atoms with van der Waals surface area (Å²) in [7, 11) is -4.41. The molecule has 1 rings (SSSR count). The van der Waals surface area contributed by atoms with Crippen molar-refractivity contribution < 1.29 is 64.3 Å². The Hall–Kier alpha value is 0.579. The third-order valence-corrected chi connectivity index (χ3v) is 2.00. The summed E-state index contributed by atoms with van der Waals surface area (Å²) >= 11 is 0. The standard InChI is InChI=1S/C6H5FO3S.Yb/c7-5-3-1-2-4-6(5)11(8,9)10;/h1-4H,(H,8,9,10);. The van der Waals surface area contributed by atoms with Crippen LogP contribution in [0, 0.1) is 52.7 Å². The molecule has 3 nitrogen and oxygen atoms in total. The summed E-state index contributed by atoms with van der Waals surface area (Å²) in [5.74, 6) is -0.949. The van der Waals surface area contributed by atoms with Gasteiger partial charge in [-0.3, -0.25) is 4.55 Å². The number of hydrogen-bond acceptors (Lipinski definition) is 2. The van der Waals surface area contributed by atoms with Gasteiger partial charge in [-0.2, -0.15) is 8.42 Å². The number of benzene rings is 1. The minimum Gasteiger partial charge on any atom is -0.282 e. The van der Waals surface area contributed by atoms with E-state index in [1.165, 1.54) is 12.1 Å². The maximum absolute atomic E-state index is 12.5. The van der Waals surface area contributed by atoms with E-state index in [2.05, 4.69) is 0 Å². The van der Waals surface area contributed by atoms with Crippen LogP contribution in [-0.4, -0.2) is 13.0 Å². The summed E-state index contributed by atoms with van der Waals surface area (Å²) in [6.07, 6.45) is 0. The first-order valence-corrected chi connectivity index (χ1v) is 4.18. The molecule has 0 heterocycles. The number of rotatable bonds is 1. The van der Waals surface area contributed by atoms with Crippen molar-refractivity contribution >= 4 is 10.1 Å². The molecule has 1 N–H and O–H groups in total. The zero-order valence-corrected chi connectivity index (χ0v) is 8.16. The van der Waals surface area contributed by atoms with Crippen molar-refractivity contribution in [2.75, 3.05) is 0 Å². The van der Waals surface area contributed by atoms with Crippen molar-refractivity contribution in [2.45, 2.75) is 4.90 Å². The molecule has 0 fully saturated rings. The normalized spacial score (nSPS) is 10.5. The van der Waals surface area contributed by atoms with Gasteiger partial charge in [-0.25, -0.2) is 4.39 Å². The van der Waals surface area contributed by atoms with Crippen LogP contribution in [0.25, 0.3) is 0 Å². The Kier molecular flexibility index (Phi) is 4.94. The SMILES string of the molecule is O=S(=O)(O)c1ccccc1F.[Yb]. The van der Waals surface area contributed by atoms with E-state index in [9.17, 15) is 12.8 Å². The van der Waals surface area contributed by atoms with Gasteiger partial charge in [0.15, 0.2) is 0 Å². The van der Waals surface area contributed by atoms with Crippen LogP contribution < -0.4 is 0 Å². The predicted octanol–water partition coefficient (Wildman–Crippen LogP) is 1.07. The van der Waals surface area contributed by atoms with E-state index >= 15 is 0 Å². The Morgan fingerprint density at radius 2 is 1.75 bits per heavy atom. The van der Waals surface area contributed by atoms with Crippen molar-refractivity contribution in [1.29, 1.82) is 0 Å². The van der Waals surface area contributed by atoms with E-state index in [1.54, 1.807) is 0 Å². The second kappa shape index (κ2) is 4.71. The van der Waals surface area contributed by atoms with Gasteiger partial charge in [0, 0.05) is 46.9 Å². The number of halogens is 1. The minimum absolute atomic E-state index is 0. The molecule has 0 bridgehead atoms. The Labute approximate surface area is 108 Å². The van der Waals surface area contributed by atoms with Gasteiger partial charge in [-0.1, -0.05) is 12.1 Å². The van der Waals surface area contributed by atoms with Crippen LogP contribution in [0.1, 0.15) is 0 Å². The Morgan fingerprint density at radius 3 is 2.08 bits per heavy atom. The van der Waals surface area contributed by atoms with Gasteiger partial charge >= 0.3 is 0 Å². The van der Waals surface area contributed by atoms with E-state index in [-0.39, 0.29) is 46.9 Å². The molecule has 0 spiro atoms. The predicted molar refractivity (Wildman–Crippen MR) is 36.2 cm³/mol. The van der Waals surface area contributed by atoms with Crippen LogP contribution in [0.5, 0.6) is 0 Å². The van der Waals surface area contributed by atoms with E-state index in [4.69, 9.17) is 4.55 Å². The van der Waals surface area contributed by atoms with Crippen molar-refractivity contribution in [1.82, 2.24) is 0 Å². The average Bonchev–Trinajstić information content (AvgIpc) is 1.86. The van der Waals surface area contributed by atoms with Gasteiger partial charge < -0.3 is 0 Å². The second-order valence-corrected chi connectivity index (χ2v) is 3.30. The molecule has 0 unspecified atom stereocenters. The molecule has 0 atom stereocenters. The summed E-state index contributed by atoms with van der Waals surface area (Å²) in [6, 6.07) is 4.62. The molecule has 0 radical (unpaired) electrons. The molecule has 0 saturated heterocycles. The molecule has 6 heteroatoms. The van der Waals surface area contributed by atoms with Gasteiger partial charge in [0.05, 0.1) is 0 Å². The molecule has 0 aliphatic rings. The summed E-state index contributed by atoms with van der Waals surface area (Å²) in [4.78, 5) is -0.694. The van der Waals surface area contributed by atoms with Crippen LogP contribution in [0.4, 0.5) is 4.39 Å². The van der Waals surface area contributed by atoms with Crippen LogP contribution in [0.15, 0.2) is 29.2 Å². The van der Waals surface area contributed by atoms with Gasteiger partial charge in [0.25, 0.3) is 10.1 Å². The summed E-state index contributed by atoms with van der Waals surface area (Å²) in [5.41, 5.74) is 0. The van der Waals surface area contributed by atoms with Crippen LogP contribution in [-0.2, 0) is 10.1 Å². The van der Waals surface area contributed by atoms with E-state index in [1.807, 2.05) is 0 Å². The zero-order valence-electron chi connectivity index (χ0n) is 5.63. The minimum atomic E-state index is -4.41. The third-order valence-electron chi connectivity index (χ3n) is 1.11. The smallest absolute Gasteiger partial charge is 0.282 e. The van der Waals surface area contributed by atoms with Crippen LogP contribution >= 0.6 is 0 Å². The summed E-state index contributed by atoms with van der Waals surface area (Å²) < 4.78 is 41.7. The van der Waals surface area contributed by atoms with E-state index in [0.29, 0.717) is 0 Å². The molecule has 0 aliphatic carbocycles. The molecule has 12 heavy (non-hydrogen) atoms. The monoisotopic (exact) mass is 350 g/mol. The third kappa shape index (κ3) is 3.14. The maximum atomic E-state index is 12.5. The zero-order chi connectivity index (χ0) is 8.48. The topological polar surface area (TPSA) is 54.4 Å². The van der Waals surface area contributed by atoms with Crippen molar-refractivity contribution in [3.8, 4) is 0 Å². The fourth-order valence-electron chi connectivity index (χ4n) is 0.654. The average molecular weight is 349 g/mol. The molecular weight excluding hydrogens is 344 g/mol. The molecule has 1 aromatic rings. The fraction of sp³-hybridized carbons (Fsp3) is 0. The molecule has 1 aromatic carbocycles. The first-order valence-electron chi connectivity index (χ1n) is 2.74. The van der Waals surface area contributed by atoms with Gasteiger partial charge in [-0.05, 0) is 12.1 Å². The van der Waals surface area contributed by atoms with Gasteiger partial charge in [0.1, 0.15) is 10.7 Å². The maximum Gasteiger partial charge on any atom is 0.297 e. The first-order chi connectivity index (χ1) is 5.02. The molecule has 0 amide bonds. The molecular formula is C6H5FO3SYb. The Bertz CT molecular complexity index is 363. The van der Waals surface area contributed by atoms with Crippen LogP contribution in [0.3, 0.4) is 0 Å². The summed E-state index contributed by atoms with van der Waals surface area (Å²) in [5, 5.41) is 0. The second-order valence-electron chi connectivity index (χ2n) is 1.91. The van der Waals surface area contributed by atoms with Crippen molar-refractivity contribution in [3.63, 3.8) is 0 Å². The Morgan fingerprint density at radius 1 is 1.25 bits per heavy atom.